The Hall–Kier alpha value is -2.12. The number of nitrogens with zero attached hydrogens (tertiary/aromatic N) is 3. The minimum absolute atomic E-state index is 0.0246. The van der Waals surface area contributed by atoms with Gasteiger partial charge in [0.25, 0.3) is 0 Å². The molecule has 3 amide bonds. The molecule has 4 heterocycles. The van der Waals surface area contributed by atoms with Crippen LogP contribution in [0.15, 0.2) is 30.3 Å². The molecule has 2 unspecified atom stereocenters. The van der Waals surface area contributed by atoms with Crippen LogP contribution in [-0.2, 0) is 9.53 Å². The predicted octanol–water partition coefficient (Wildman–Crippen LogP) is 4.83. The van der Waals surface area contributed by atoms with Crippen molar-refractivity contribution in [3.63, 3.8) is 0 Å². The fraction of sp³-hybridized carbons (Fsp3) is 0.742. The van der Waals surface area contributed by atoms with Gasteiger partial charge in [-0.2, -0.15) is 0 Å². The van der Waals surface area contributed by atoms with Gasteiger partial charge in [-0.05, 0) is 70.3 Å². The number of nitrogens with one attached hydrogen (secondary N) is 1. The number of carbonyl (C=O) groups is 2. The molecule has 0 radical (unpaired) electrons. The number of amides is 3. The number of piperidine rings is 1. The molecule has 2 bridgehead atoms. The first-order chi connectivity index (χ1) is 18.3. The highest BCUT2D eigenvalue weighted by Gasteiger charge is 2.57. The molecule has 0 aromatic heterocycles. The first-order valence-electron chi connectivity index (χ1n) is 15.0. The number of carbonyl (C=O) groups excluding carboxylic acids is 2. The van der Waals surface area contributed by atoms with E-state index in [9.17, 15) is 9.59 Å². The van der Waals surface area contributed by atoms with Crippen LogP contribution >= 0.6 is 0 Å². The first kappa shape index (κ1) is 27.4. The van der Waals surface area contributed by atoms with E-state index in [1.807, 2.05) is 19.9 Å². The third-order valence-corrected chi connectivity index (χ3v) is 9.53. The van der Waals surface area contributed by atoms with E-state index in [1.54, 1.807) is 0 Å². The van der Waals surface area contributed by atoms with Crippen LogP contribution in [0.2, 0.25) is 0 Å². The van der Waals surface area contributed by atoms with E-state index >= 15 is 0 Å². The van der Waals surface area contributed by atoms with Gasteiger partial charge in [-0.15, -0.1) is 0 Å². The largest absolute Gasteiger partial charge is 0.381 e. The normalized spacial score (nSPS) is 29.2. The van der Waals surface area contributed by atoms with Crippen molar-refractivity contribution in [1.82, 2.24) is 20.0 Å². The molecule has 5 rings (SSSR count). The van der Waals surface area contributed by atoms with Crippen molar-refractivity contribution >= 4 is 11.9 Å². The summed E-state index contributed by atoms with van der Waals surface area (Å²) in [6.07, 6.45) is 7.58. The van der Waals surface area contributed by atoms with Crippen molar-refractivity contribution in [3.05, 3.63) is 35.9 Å². The summed E-state index contributed by atoms with van der Waals surface area (Å²) >= 11 is 0. The van der Waals surface area contributed by atoms with E-state index in [2.05, 4.69) is 58.1 Å². The molecule has 0 aliphatic carbocycles. The van der Waals surface area contributed by atoms with Crippen molar-refractivity contribution in [1.29, 1.82) is 0 Å². The van der Waals surface area contributed by atoms with Crippen molar-refractivity contribution < 1.29 is 14.3 Å². The Morgan fingerprint density at radius 3 is 2.29 bits per heavy atom. The van der Waals surface area contributed by atoms with Gasteiger partial charge in [0, 0.05) is 56.9 Å². The van der Waals surface area contributed by atoms with Crippen LogP contribution in [-0.4, -0.2) is 83.2 Å². The molecule has 0 saturated carbocycles. The third kappa shape index (κ3) is 5.60. The molecule has 7 nitrogen and oxygen atoms in total. The molecular formula is C31H48N4O3. The van der Waals surface area contributed by atoms with E-state index < -0.39 is 0 Å². The number of fused-ring (bicyclic) bond motifs is 2. The number of hydrogen-bond acceptors (Lipinski definition) is 4. The monoisotopic (exact) mass is 524 g/mol. The smallest absolute Gasteiger partial charge is 0.320 e. The van der Waals surface area contributed by atoms with Crippen LogP contribution in [0.4, 0.5) is 4.79 Å². The topological polar surface area (TPSA) is 65.1 Å². The van der Waals surface area contributed by atoms with Crippen LogP contribution in [0.25, 0.3) is 0 Å². The third-order valence-electron chi connectivity index (χ3n) is 9.53. The first-order valence-corrected chi connectivity index (χ1v) is 15.0. The summed E-state index contributed by atoms with van der Waals surface area (Å²) < 4.78 is 5.57. The van der Waals surface area contributed by atoms with Gasteiger partial charge in [-0.25, -0.2) is 4.79 Å². The van der Waals surface area contributed by atoms with Crippen molar-refractivity contribution in [2.24, 2.45) is 11.8 Å². The Morgan fingerprint density at radius 2 is 1.68 bits per heavy atom. The Labute approximate surface area is 229 Å². The highest BCUT2D eigenvalue weighted by Crippen LogP contribution is 2.48. The molecule has 38 heavy (non-hydrogen) atoms. The lowest BCUT2D eigenvalue weighted by Gasteiger charge is -2.49. The van der Waals surface area contributed by atoms with Gasteiger partial charge in [0.2, 0.25) is 5.91 Å². The molecule has 4 aliphatic heterocycles. The molecule has 7 heteroatoms. The van der Waals surface area contributed by atoms with Crippen molar-refractivity contribution in [2.75, 3.05) is 32.8 Å². The van der Waals surface area contributed by atoms with Gasteiger partial charge in [0.05, 0.1) is 11.6 Å². The summed E-state index contributed by atoms with van der Waals surface area (Å²) in [5.41, 5.74) is 1.13. The lowest BCUT2D eigenvalue weighted by Crippen LogP contribution is -2.60. The van der Waals surface area contributed by atoms with Gasteiger partial charge in [-0.3, -0.25) is 9.69 Å². The minimum atomic E-state index is -0.0521. The van der Waals surface area contributed by atoms with Gasteiger partial charge in [0.1, 0.15) is 0 Å². The summed E-state index contributed by atoms with van der Waals surface area (Å²) in [5.74, 6) is 0.643. The molecule has 3 atom stereocenters. The van der Waals surface area contributed by atoms with E-state index in [0.29, 0.717) is 18.0 Å². The fourth-order valence-corrected chi connectivity index (χ4v) is 7.73. The molecule has 4 aliphatic rings. The van der Waals surface area contributed by atoms with E-state index in [0.717, 1.165) is 65.0 Å². The summed E-state index contributed by atoms with van der Waals surface area (Å²) in [4.78, 5) is 33.5. The summed E-state index contributed by atoms with van der Waals surface area (Å²) in [6.45, 7) is 12.7. The van der Waals surface area contributed by atoms with Crippen molar-refractivity contribution in [3.8, 4) is 0 Å². The zero-order valence-corrected chi connectivity index (χ0v) is 23.9. The number of urea groups is 1. The molecular weight excluding hydrogens is 476 g/mol. The van der Waals surface area contributed by atoms with Crippen LogP contribution in [0.1, 0.15) is 84.2 Å². The number of hydrogen-bond donors (Lipinski definition) is 1. The molecule has 210 valence electrons. The van der Waals surface area contributed by atoms with Gasteiger partial charge >= 0.3 is 6.03 Å². The molecule has 1 spiro atoms. The quantitative estimate of drug-likeness (QED) is 0.503. The lowest BCUT2D eigenvalue weighted by atomic mass is 9.81. The SMILES string of the molecule is CC(C)C(=O)N[C@@H](CCN1C2CCC1CC1(C2)CN(CC2CCOCC2)C(=O)N1C(C)C)c1ccccc1. The highest BCUT2D eigenvalue weighted by molar-refractivity contribution is 5.79. The van der Waals surface area contributed by atoms with Crippen LogP contribution in [0.5, 0.6) is 0 Å². The van der Waals surface area contributed by atoms with Gasteiger partial charge in [0.15, 0.2) is 0 Å². The van der Waals surface area contributed by atoms with Crippen LogP contribution in [0, 0.1) is 11.8 Å². The summed E-state index contributed by atoms with van der Waals surface area (Å²) in [7, 11) is 0. The maximum Gasteiger partial charge on any atom is 0.320 e. The molecule has 1 N–H and O–H groups in total. The number of rotatable bonds is 9. The van der Waals surface area contributed by atoms with Crippen molar-refractivity contribution in [2.45, 2.75) is 102 Å². The summed E-state index contributed by atoms with van der Waals surface area (Å²) in [5, 5.41) is 3.31. The lowest BCUT2D eigenvalue weighted by molar-refractivity contribution is -0.124. The Morgan fingerprint density at radius 1 is 1.03 bits per heavy atom. The second kappa shape index (κ2) is 11.5. The molecule has 4 saturated heterocycles. The average molecular weight is 525 g/mol. The Bertz CT molecular complexity index is 947. The molecule has 4 fully saturated rings. The summed E-state index contributed by atoms with van der Waals surface area (Å²) in [6, 6.07) is 11.9. The maximum atomic E-state index is 13.7. The molecule has 1 aromatic carbocycles. The molecule has 1 aromatic rings. The zero-order chi connectivity index (χ0) is 26.9. The van der Waals surface area contributed by atoms with E-state index in [4.69, 9.17) is 4.74 Å². The highest BCUT2D eigenvalue weighted by atomic mass is 16.5. The minimum Gasteiger partial charge on any atom is -0.381 e. The zero-order valence-electron chi connectivity index (χ0n) is 23.9. The maximum absolute atomic E-state index is 13.7. The predicted molar refractivity (Wildman–Crippen MR) is 150 cm³/mol. The number of ether oxygens (including phenoxy) is 1. The van der Waals surface area contributed by atoms with Crippen LogP contribution < -0.4 is 5.32 Å². The standard InChI is InChI=1S/C31H48N4O3/c1-22(2)29(36)32-28(25-8-6-5-7-9-25)12-15-34-26-10-11-27(34)19-31(18-26)21-33(30(37)35(31)23(3)4)20-24-13-16-38-17-14-24/h5-9,22-24,26-28H,10-21H2,1-4H3,(H,32,36)/t26?,27?,28-,31?/m0/s1. The average Bonchev–Trinajstić information content (AvgIpc) is 3.30. The van der Waals surface area contributed by atoms with Crippen LogP contribution in [0.3, 0.4) is 0 Å². The Kier molecular flexibility index (Phi) is 8.34. The second-order valence-electron chi connectivity index (χ2n) is 12.9. The number of benzene rings is 1. The fourth-order valence-electron chi connectivity index (χ4n) is 7.73. The Balaban J connectivity index is 1.27. The van der Waals surface area contributed by atoms with E-state index in [1.165, 1.54) is 18.4 Å². The van der Waals surface area contributed by atoms with Gasteiger partial charge in [-0.1, -0.05) is 44.2 Å². The van der Waals surface area contributed by atoms with Gasteiger partial charge < -0.3 is 19.9 Å². The van der Waals surface area contributed by atoms with E-state index in [-0.39, 0.29) is 35.5 Å². The second-order valence-corrected chi connectivity index (χ2v) is 12.9.